The minimum Gasteiger partial charge on any atom is -0.475 e. The zero-order valence-electron chi connectivity index (χ0n) is 17.3. The van der Waals surface area contributed by atoms with E-state index in [1.54, 1.807) is 12.1 Å². The summed E-state index contributed by atoms with van der Waals surface area (Å²) in [5.74, 6) is -1.57. The quantitative estimate of drug-likeness (QED) is 0.631. The van der Waals surface area contributed by atoms with Gasteiger partial charge in [-0.25, -0.2) is 4.79 Å². The lowest BCUT2D eigenvalue weighted by atomic mass is 9.86. The standard InChI is InChI=1S/C20H19N3O3.C2HF3O2/c24-17-7-10-25-18-3-1-14(11-15(17)18)16-2-4-20(22-21-16)26-19-12-23-8-5-13(19)6-9-23;3-2(4,5)1(6)7/h1-4,7,10-11,13,19H,5-6,8-9,12H2;(H,6,7)/t19-;/m0./s1. The van der Waals surface area contributed by atoms with Crippen molar-refractivity contribution in [3.63, 3.8) is 0 Å². The lowest BCUT2D eigenvalue weighted by Crippen LogP contribution is -2.52. The molecule has 1 atom stereocenters. The Kier molecular flexibility index (Phi) is 6.32. The van der Waals surface area contributed by atoms with Crippen molar-refractivity contribution >= 4 is 16.9 Å². The van der Waals surface area contributed by atoms with Gasteiger partial charge in [-0.05, 0) is 56.1 Å². The molecule has 0 saturated carbocycles. The summed E-state index contributed by atoms with van der Waals surface area (Å²) in [4.78, 5) is 23.3. The number of aliphatic carboxylic acids is 1. The average molecular weight is 463 g/mol. The summed E-state index contributed by atoms with van der Waals surface area (Å²) in [7, 11) is 0. The fourth-order valence-electron chi connectivity index (χ4n) is 3.98. The molecule has 0 radical (unpaired) electrons. The first-order chi connectivity index (χ1) is 15.7. The van der Waals surface area contributed by atoms with Crippen LogP contribution in [0.15, 0.2) is 51.9 Å². The second-order valence-electron chi connectivity index (χ2n) is 7.85. The molecule has 0 amide bonds. The molecule has 5 heterocycles. The van der Waals surface area contributed by atoms with Crippen molar-refractivity contribution in [1.29, 1.82) is 0 Å². The molecule has 0 unspecified atom stereocenters. The van der Waals surface area contributed by atoms with Crippen LogP contribution in [0, 0.1) is 5.92 Å². The molecule has 8 nitrogen and oxygen atoms in total. The number of carboxylic acid groups (broad SMARTS) is 1. The highest BCUT2D eigenvalue weighted by molar-refractivity contribution is 5.81. The highest BCUT2D eigenvalue weighted by atomic mass is 19.4. The second kappa shape index (κ2) is 9.18. The molecule has 0 aliphatic carbocycles. The minimum atomic E-state index is -5.08. The van der Waals surface area contributed by atoms with Gasteiger partial charge in [0.2, 0.25) is 5.88 Å². The van der Waals surface area contributed by atoms with Crippen molar-refractivity contribution in [2.24, 2.45) is 5.92 Å². The normalized spacial score (nSPS) is 21.8. The highest BCUT2D eigenvalue weighted by Crippen LogP contribution is 2.30. The Morgan fingerprint density at radius 3 is 2.42 bits per heavy atom. The molecule has 1 aromatic carbocycles. The molecular formula is C22H20F3N3O5. The Bertz CT molecular complexity index is 1190. The van der Waals surface area contributed by atoms with Gasteiger partial charge in [0.25, 0.3) is 0 Å². The predicted molar refractivity (Wildman–Crippen MR) is 111 cm³/mol. The van der Waals surface area contributed by atoms with Crippen LogP contribution >= 0.6 is 0 Å². The smallest absolute Gasteiger partial charge is 0.475 e. The number of fused-ring (bicyclic) bond motifs is 4. The predicted octanol–water partition coefficient (Wildman–Crippen LogP) is 3.36. The molecule has 11 heteroatoms. The fraction of sp³-hybridized carbons (Fsp3) is 0.364. The van der Waals surface area contributed by atoms with E-state index in [2.05, 4.69) is 15.1 Å². The number of alkyl halides is 3. The third-order valence-corrected chi connectivity index (χ3v) is 5.71. The largest absolute Gasteiger partial charge is 0.490 e. The number of halogens is 3. The molecule has 2 aromatic heterocycles. The Balaban J connectivity index is 0.000000325. The van der Waals surface area contributed by atoms with Crippen molar-refractivity contribution in [3.8, 4) is 17.1 Å². The number of rotatable bonds is 3. The molecule has 3 aliphatic rings. The number of benzene rings is 1. The monoisotopic (exact) mass is 463 g/mol. The summed E-state index contributed by atoms with van der Waals surface area (Å²) < 4.78 is 43.2. The molecule has 3 fully saturated rings. The summed E-state index contributed by atoms with van der Waals surface area (Å²) in [6.45, 7) is 3.35. The van der Waals surface area contributed by atoms with E-state index < -0.39 is 12.1 Å². The second-order valence-corrected chi connectivity index (χ2v) is 7.85. The van der Waals surface area contributed by atoms with Crippen LogP contribution in [0.2, 0.25) is 0 Å². The maximum Gasteiger partial charge on any atom is 0.490 e. The van der Waals surface area contributed by atoms with Crippen LogP contribution in [0.25, 0.3) is 22.2 Å². The van der Waals surface area contributed by atoms with E-state index in [-0.39, 0.29) is 11.5 Å². The Morgan fingerprint density at radius 1 is 1.12 bits per heavy atom. The fourth-order valence-corrected chi connectivity index (χ4v) is 3.98. The molecular weight excluding hydrogens is 443 g/mol. The van der Waals surface area contributed by atoms with Gasteiger partial charge in [0.05, 0.1) is 17.3 Å². The summed E-state index contributed by atoms with van der Waals surface area (Å²) in [6, 6.07) is 10.6. The number of ether oxygens (including phenoxy) is 1. The zero-order valence-corrected chi connectivity index (χ0v) is 17.3. The van der Waals surface area contributed by atoms with Gasteiger partial charge in [-0.1, -0.05) is 0 Å². The van der Waals surface area contributed by atoms with Gasteiger partial charge in [-0.2, -0.15) is 13.2 Å². The summed E-state index contributed by atoms with van der Waals surface area (Å²) in [5.41, 5.74) is 2.04. The van der Waals surface area contributed by atoms with Gasteiger partial charge < -0.3 is 14.3 Å². The van der Waals surface area contributed by atoms with Gasteiger partial charge in [0.15, 0.2) is 5.43 Å². The van der Waals surface area contributed by atoms with E-state index in [0.29, 0.717) is 28.5 Å². The topological polar surface area (TPSA) is 106 Å². The molecule has 6 rings (SSSR count). The number of carbonyl (C=O) groups is 1. The van der Waals surface area contributed by atoms with Gasteiger partial charge >= 0.3 is 12.1 Å². The Hall–Kier alpha value is -3.47. The van der Waals surface area contributed by atoms with Crippen LogP contribution in [0.5, 0.6) is 5.88 Å². The molecule has 3 aliphatic heterocycles. The van der Waals surface area contributed by atoms with E-state index in [1.807, 2.05) is 18.2 Å². The van der Waals surface area contributed by atoms with Gasteiger partial charge in [-0.15, -0.1) is 10.2 Å². The lowest BCUT2D eigenvalue weighted by molar-refractivity contribution is -0.192. The summed E-state index contributed by atoms with van der Waals surface area (Å²) in [6.07, 6.45) is -1.06. The number of hydrogen-bond donors (Lipinski definition) is 1. The van der Waals surface area contributed by atoms with Gasteiger partial charge in [0, 0.05) is 24.2 Å². The average Bonchev–Trinajstić information content (AvgIpc) is 2.80. The van der Waals surface area contributed by atoms with Crippen LogP contribution in [0.4, 0.5) is 13.2 Å². The van der Waals surface area contributed by atoms with Crippen LogP contribution < -0.4 is 10.2 Å². The van der Waals surface area contributed by atoms with Gasteiger partial charge in [-0.3, -0.25) is 9.69 Å². The van der Waals surface area contributed by atoms with Crippen LogP contribution in [-0.4, -0.2) is 58.1 Å². The Labute approximate surface area is 185 Å². The number of hydrogen-bond acceptors (Lipinski definition) is 7. The third-order valence-electron chi connectivity index (χ3n) is 5.71. The van der Waals surface area contributed by atoms with Crippen molar-refractivity contribution in [1.82, 2.24) is 15.1 Å². The van der Waals surface area contributed by atoms with E-state index in [9.17, 15) is 18.0 Å². The van der Waals surface area contributed by atoms with E-state index in [0.717, 1.165) is 12.1 Å². The molecule has 33 heavy (non-hydrogen) atoms. The molecule has 0 spiro atoms. The molecule has 1 N–H and O–H groups in total. The van der Waals surface area contributed by atoms with Crippen LogP contribution in [-0.2, 0) is 4.79 Å². The molecule has 3 saturated heterocycles. The van der Waals surface area contributed by atoms with Crippen LogP contribution in [0.3, 0.4) is 0 Å². The van der Waals surface area contributed by atoms with Crippen molar-refractivity contribution < 1.29 is 32.2 Å². The third kappa shape index (κ3) is 5.30. The number of piperidine rings is 3. The summed E-state index contributed by atoms with van der Waals surface area (Å²) in [5, 5.41) is 16.2. The highest BCUT2D eigenvalue weighted by Gasteiger charge is 2.38. The minimum absolute atomic E-state index is 0.0663. The first-order valence-corrected chi connectivity index (χ1v) is 10.3. The van der Waals surface area contributed by atoms with Crippen molar-refractivity contribution in [2.75, 3.05) is 19.6 Å². The zero-order chi connectivity index (χ0) is 23.6. The van der Waals surface area contributed by atoms with E-state index in [1.165, 1.54) is 38.3 Å². The molecule has 2 bridgehead atoms. The maximum absolute atomic E-state index is 12.0. The molecule has 3 aromatic rings. The van der Waals surface area contributed by atoms with E-state index in [4.69, 9.17) is 19.1 Å². The van der Waals surface area contributed by atoms with Gasteiger partial charge in [0.1, 0.15) is 11.7 Å². The summed E-state index contributed by atoms with van der Waals surface area (Å²) >= 11 is 0. The maximum atomic E-state index is 12.0. The first-order valence-electron chi connectivity index (χ1n) is 10.3. The van der Waals surface area contributed by atoms with E-state index >= 15 is 0 Å². The lowest BCUT2D eigenvalue weighted by Gasteiger charge is -2.44. The number of nitrogens with zero attached hydrogens (tertiary/aromatic N) is 3. The first kappa shape index (κ1) is 22.7. The van der Waals surface area contributed by atoms with Crippen molar-refractivity contribution in [3.05, 3.63) is 52.9 Å². The SMILES string of the molecule is O=C(O)C(F)(F)F.O=c1ccoc2ccc(-c3ccc(O[C@H]4CN5CCC4CC5)nn3)cc12. The number of carboxylic acids is 1. The molecule has 174 valence electrons. The number of aromatic nitrogens is 2. The van der Waals surface area contributed by atoms with Crippen molar-refractivity contribution in [2.45, 2.75) is 25.1 Å². The van der Waals surface area contributed by atoms with Crippen LogP contribution in [0.1, 0.15) is 12.8 Å². The Morgan fingerprint density at radius 2 is 1.85 bits per heavy atom.